The smallest absolute Gasteiger partial charge is 0.327 e. The lowest BCUT2D eigenvalue weighted by Gasteiger charge is -2.28. The maximum atomic E-state index is 12.6. The van der Waals surface area contributed by atoms with Crippen molar-refractivity contribution < 1.29 is 14.4 Å². The van der Waals surface area contributed by atoms with Crippen molar-refractivity contribution in [1.29, 1.82) is 0 Å². The molecule has 3 aromatic rings. The molecule has 2 aliphatic heterocycles. The highest BCUT2D eigenvalue weighted by Crippen LogP contribution is 2.30. The molecule has 3 heterocycles. The lowest BCUT2D eigenvalue weighted by atomic mass is 10.1. The molecule has 0 unspecified atom stereocenters. The minimum atomic E-state index is -0.271. The Morgan fingerprint density at radius 2 is 1.73 bits per heavy atom. The third-order valence-corrected chi connectivity index (χ3v) is 5.28. The lowest BCUT2D eigenvalue weighted by molar-refractivity contribution is 0.0656. The second kappa shape index (κ2) is 7.07. The Bertz CT molecular complexity index is 1160. The van der Waals surface area contributed by atoms with E-state index in [4.69, 9.17) is 0 Å². The third kappa shape index (κ3) is 2.89. The summed E-state index contributed by atoms with van der Waals surface area (Å²) in [5, 5.41) is 2.81. The summed E-state index contributed by atoms with van der Waals surface area (Å²) in [7, 11) is 0. The van der Waals surface area contributed by atoms with E-state index in [2.05, 4.69) is 15.3 Å². The Labute approximate surface area is 172 Å². The van der Waals surface area contributed by atoms with Crippen molar-refractivity contribution in [2.24, 2.45) is 0 Å². The van der Waals surface area contributed by atoms with E-state index in [0.29, 0.717) is 35.6 Å². The third-order valence-electron chi connectivity index (χ3n) is 5.28. The second-order valence-corrected chi connectivity index (χ2v) is 7.09. The van der Waals surface area contributed by atoms with Gasteiger partial charge >= 0.3 is 6.03 Å². The van der Waals surface area contributed by atoms with Crippen LogP contribution in [-0.2, 0) is 13.0 Å². The molecular weight excluding hydrogens is 382 g/mol. The molecule has 0 spiro atoms. The van der Waals surface area contributed by atoms with Gasteiger partial charge in [-0.25, -0.2) is 19.7 Å². The van der Waals surface area contributed by atoms with E-state index in [1.807, 2.05) is 24.3 Å². The van der Waals surface area contributed by atoms with Gasteiger partial charge in [0.25, 0.3) is 11.8 Å². The quantitative estimate of drug-likeness (QED) is 0.681. The summed E-state index contributed by atoms with van der Waals surface area (Å²) in [4.78, 5) is 48.7. The highest BCUT2D eigenvalue weighted by molar-refractivity contribution is 6.21. The van der Waals surface area contributed by atoms with Crippen LogP contribution in [0.15, 0.2) is 61.1 Å². The Kier molecular flexibility index (Phi) is 4.24. The number of urea groups is 1. The molecule has 1 aromatic heterocycles. The van der Waals surface area contributed by atoms with E-state index in [1.54, 1.807) is 30.5 Å². The number of fused-ring (bicyclic) bond motifs is 2. The summed E-state index contributed by atoms with van der Waals surface area (Å²) in [5.74, 6) is 0.00632. The molecule has 0 saturated heterocycles. The molecule has 0 radical (unpaired) electrons. The van der Waals surface area contributed by atoms with Crippen LogP contribution in [0.25, 0.3) is 0 Å². The molecule has 8 nitrogen and oxygen atoms in total. The predicted octanol–water partition coefficient (Wildman–Crippen LogP) is 2.68. The maximum Gasteiger partial charge on any atom is 0.327 e. The molecule has 1 N–H and O–H groups in total. The van der Waals surface area contributed by atoms with E-state index in [9.17, 15) is 14.4 Å². The van der Waals surface area contributed by atoms with Gasteiger partial charge in [0, 0.05) is 24.8 Å². The van der Waals surface area contributed by atoms with E-state index < -0.39 is 0 Å². The fourth-order valence-electron chi connectivity index (χ4n) is 3.80. The van der Waals surface area contributed by atoms with Crippen molar-refractivity contribution in [2.75, 3.05) is 11.4 Å². The van der Waals surface area contributed by atoms with Crippen molar-refractivity contribution in [3.05, 3.63) is 83.3 Å². The summed E-state index contributed by atoms with van der Waals surface area (Å²) in [5.41, 5.74) is 3.27. The number of hydrogen-bond acceptors (Lipinski definition) is 5. The molecule has 2 aliphatic rings. The van der Waals surface area contributed by atoms with Crippen LogP contribution in [0.3, 0.4) is 0 Å². The zero-order valence-electron chi connectivity index (χ0n) is 15.9. The van der Waals surface area contributed by atoms with Gasteiger partial charge < -0.3 is 5.32 Å². The Balaban J connectivity index is 1.38. The van der Waals surface area contributed by atoms with Crippen LogP contribution >= 0.6 is 0 Å². The van der Waals surface area contributed by atoms with Crippen LogP contribution in [0.2, 0.25) is 0 Å². The molecule has 148 valence electrons. The number of nitrogens with one attached hydrogen (secondary N) is 1. The van der Waals surface area contributed by atoms with Crippen LogP contribution in [0, 0.1) is 0 Å². The number of amides is 4. The Morgan fingerprint density at radius 3 is 2.50 bits per heavy atom. The van der Waals surface area contributed by atoms with Crippen LogP contribution in [0.1, 0.15) is 31.8 Å². The first-order chi connectivity index (χ1) is 14.6. The number of carbonyl (C=O) groups is 3. The molecular formula is C22H17N5O3. The molecule has 0 fully saturated rings. The normalized spacial score (nSPS) is 15.1. The summed E-state index contributed by atoms with van der Waals surface area (Å²) in [6.45, 7) is 0.645. The minimum absolute atomic E-state index is 0.265. The van der Waals surface area contributed by atoms with Crippen molar-refractivity contribution in [2.45, 2.75) is 13.0 Å². The largest absolute Gasteiger partial charge is 0.333 e. The standard InChI is InChI=1S/C22H17N5O3/c28-20-17-6-1-2-7-18(17)21(29)26(20)9-8-14-4-3-5-16(10-14)27-19-15(11-23-13-25-19)12-24-22(27)30/h1-7,10-11,13H,8-9,12H2,(H,24,30). The number of rotatable bonds is 4. The van der Waals surface area contributed by atoms with E-state index in [0.717, 1.165) is 11.1 Å². The first-order valence-corrected chi connectivity index (χ1v) is 9.54. The summed E-state index contributed by atoms with van der Waals surface area (Å²) in [6, 6.07) is 14.0. The summed E-state index contributed by atoms with van der Waals surface area (Å²) < 4.78 is 0. The number of aromatic nitrogens is 2. The van der Waals surface area contributed by atoms with Crippen LogP contribution in [0.4, 0.5) is 16.3 Å². The van der Waals surface area contributed by atoms with Crippen molar-refractivity contribution in [3.63, 3.8) is 0 Å². The zero-order chi connectivity index (χ0) is 20.7. The van der Waals surface area contributed by atoms with E-state index in [1.165, 1.54) is 16.1 Å². The SMILES string of the molecule is O=C1c2ccccc2C(=O)N1CCc1cccc(N2C(=O)NCc3cncnc32)c1. The molecule has 0 saturated carbocycles. The number of hydrogen-bond donors (Lipinski definition) is 1. The number of nitrogens with zero attached hydrogens (tertiary/aromatic N) is 4. The Morgan fingerprint density at radius 1 is 0.967 bits per heavy atom. The first kappa shape index (κ1) is 18.0. The number of anilines is 2. The average molecular weight is 399 g/mol. The van der Waals surface area contributed by atoms with E-state index >= 15 is 0 Å². The predicted molar refractivity (Wildman–Crippen MR) is 108 cm³/mol. The molecule has 30 heavy (non-hydrogen) atoms. The van der Waals surface area contributed by atoms with Gasteiger partial charge in [-0.1, -0.05) is 24.3 Å². The van der Waals surface area contributed by atoms with Crippen LogP contribution < -0.4 is 10.2 Å². The summed E-state index contributed by atoms with van der Waals surface area (Å²) in [6.07, 6.45) is 3.57. The van der Waals surface area contributed by atoms with Gasteiger partial charge in [0.1, 0.15) is 12.1 Å². The van der Waals surface area contributed by atoms with Gasteiger partial charge in [0.2, 0.25) is 0 Å². The lowest BCUT2D eigenvalue weighted by Crippen LogP contribution is -2.41. The van der Waals surface area contributed by atoms with Gasteiger partial charge in [-0.05, 0) is 36.2 Å². The highest BCUT2D eigenvalue weighted by atomic mass is 16.2. The van der Waals surface area contributed by atoms with Gasteiger partial charge in [-0.3, -0.25) is 14.5 Å². The number of imide groups is 1. The number of carbonyl (C=O) groups excluding carboxylic acids is 3. The molecule has 0 aliphatic carbocycles. The molecule has 0 atom stereocenters. The van der Waals surface area contributed by atoms with Gasteiger partial charge in [-0.2, -0.15) is 0 Å². The molecule has 2 aromatic carbocycles. The van der Waals surface area contributed by atoms with Crippen LogP contribution in [0.5, 0.6) is 0 Å². The number of benzene rings is 2. The monoisotopic (exact) mass is 399 g/mol. The fraction of sp³-hybridized carbons (Fsp3) is 0.136. The Hall–Kier alpha value is -4.07. The summed E-state index contributed by atoms with van der Waals surface area (Å²) >= 11 is 0. The molecule has 0 bridgehead atoms. The van der Waals surface area contributed by atoms with Gasteiger partial charge in [0.15, 0.2) is 0 Å². The molecule has 4 amide bonds. The second-order valence-electron chi connectivity index (χ2n) is 7.09. The van der Waals surface area contributed by atoms with E-state index in [-0.39, 0.29) is 24.4 Å². The first-order valence-electron chi connectivity index (χ1n) is 9.54. The molecule has 5 rings (SSSR count). The van der Waals surface area contributed by atoms with Crippen LogP contribution in [-0.4, -0.2) is 39.3 Å². The fourth-order valence-corrected chi connectivity index (χ4v) is 3.80. The van der Waals surface area contributed by atoms with Crippen molar-refractivity contribution in [1.82, 2.24) is 20.2 Å². The topological polar surface area (TPSA) is 95.5 Å². The van der Waals surface area contributed by atoms with Gasteiger partial charge in [0.05, 0.1) is 16.8 Å². The molecule has 8 heteroatoms. The van der Waals surface area contributed by atoms with Crippen molar-refractivity contribution >= 4 is 29.4 Å². The highest BCUT2D eigenvalue weighted by Gasteiger charge is 2.34. The van der Waals surface area contributed by atoms with Crippen molar-refractivity contribution in [3.8, 4) is 0 Å². The van der Waals surface area contributed by atoms with Gasteiger partial charge in [-0.15, -0.1) is 0 Å². The maximum absolute atomic E-state index is 12.6. The minimum Gasteiger partial charge on any atom is -0.333 e. The average Bonchev–Trinajstić information content (AvgIpc) is 3.02. The zero-order valence-corrected chi connectivity index (χ0v) is 15.9.